The molecule has 0 bridgehead atoms. The van der Waals surface area contributed by atoms with Crippen molar-refractivity contribution < 1.29 is 13.6 Å². The Hall–Kier alpha value is 0.577. The fourth-order valence-corrected chi connectivity index (χ4v) is 5.15. The Balaban J connectivity index is 4.13. The third-order valence-corrected chi connectivity index (χ3v) is 7.28. The molecule has 0 aliphatic carbocycles. The topological polar surface area (TPSA) is 27.7 Å². The first kappa shape index (κ1) is 28.6. The maximum Gasteiger partial charge on any atom is 0.333 e. The van der Waals surface area contributed by atoms with E-state index in [0.717, 1.165) is 37.8 Å². The lowest BCUT2D eigenvalue weighted by Crippen LogP contribution is -2.40. The number of hydrogen-bond acceptors (Lipinski definition) is 3. The van der Waals surface area contributed by atoms with Crippen molar-refractivity contribution in [3.05, 3.63) is 0 Å². The quantitative estimate of drug-likeness (QED) is 0.0673. The van der Waals surface area contributed by atoms with Crippen LogP contribution in [0.1, 0.15) is 110 Å². The highest BCUT2D eigenvalue weighted by Gasteiger charge is 2.29. The highest BCUT2D eigenvalue weighted by Crippen LogP contribution is 2.18. The number of hydrogen-bond donors (Lipinski definition) is 0. The molecule has 0 amide bonds. The van der Waals surface area contributed by atoms with E-state index in [9.17, 15) is 0 Å². The molecule has 0 saturated heterocycles. The van der Waals surface area contributed by atoms with Crippen LogP contribution in [0.4, 0.5) is 0 Å². The fourth-order valence-electron chi connectivity index (χ4n) is 3.23. The zero-order chi connectivity index (χ0) is 20.9. The minimum atomic E-state index is -2.12. The van der Waals surface area contributed by atoms with Crippen LogP contribution in [0.2, 0.25) is 13.1 Å². The van der Waals surface area contributed by atoms with Crippen LogP contribution in [0.15, 0.2) is 0 Å². The molecule has 3 nitrogen and oxygen atoms in total. The van der Waals surface area contributed by atoms with Gasteiger partial charge in [-0.15, -0.1) is 0 Å². The Morgan fingerprint density at radius 3 is 1.86 bits per heavy atom. The van der Waals surface area contributed by atoms with Crippen molar-refractivity contribution in [3.8, 4) is 0 Å². The summed E-state index contributed by atoms with van der Waals surface area (Å²) in [5.74, 6) is 0. The summed E-state index contributed by atoms with van der Waals surface area (Å²) in [5, 5.41) is 1.10. The second-order valence-corrected chi connectivity index (χ2v) is 12.5. The molecular formula is C23H49BrO3Si. The van der Waals surface area contributed by atoms with Crippen LogP contribution in [0, 0.1) is 0 Å². The smallest absolute Gasteiger partial charge is 0.333 e. The Kier molecular flexibility index (Phi) is 21.3. The van der Waals surface area contributed by atoms with Crippen LogP contribution in [0.25, 0.3) is 0 Å². The van der Waals surface area contributed by atoms with Crippen molar-refractivity contribution in [1.29, 1.82) is 0 Å². The van der Waals surface area contributed by atoms with Crippen LogP contribution < -0.4 is 0 Å². The van der Waals surface area contributed by atoms with Gasteiger partial charge in [-0.3, -0.25) is 0 Å². The fraction of sp³-hybridized carbons (Fsp3) is 1.00. The standard InChI is InChI=1S/C23H49BrO3Si/c1-5-7-9-11-13-17-21-25-23(19-15-10-8-6-2)27-28(3,4)26-22-18-14-12-16-20-24/h23H,5-22H2,1-4H3. The lowest BCUT2D eigenvalue weighted by atomic mass is 10.1. The van der Waals surface area contributed by atoms with Crippen LogP contribution in [0.3, 0.4) is 0 Å². The van der Waals surface area contributed by atoms with Crippen LogP contribution in [-0.2, 0) is 13.6 Å². The molecule has 0 fully saturated rings. The second-order valence-electron chi connectivity index (χ2n) is 8.39. The van der Waals surface area contributed by atoms with E-state index in [1.807, 2.05) is 0 Å². The van der Waals surface area contributed by atoms with E-state index >= 15 is 0 Å². The van der Waals surface area contributed by atoms with Gasteiger partial charge in [-0.2, -0.15) is 0 Å². The third-order valence-electron chi connectivity index (χ3n) is 4.99. The average molecular weight is 482 g/mol. The first-order valence-corrected chi connectivity index (χ1v) is 16.0. The molecule has 0 radical (unpaired) electrons. The van der Waals surface area contributed by atoms with E-state index in [1.54, 1.807) is 0 Å². The van der Waals surface area contributed by atoms with Gasteiger partial charge in [-0.1, -0.05) is 94.0 Å². The van der Waals surface area contributed by atoms with Gasteiger partial charge in [0.1, 0.15) is 6.29 Å². The molecule has 0 N–H and O–H groups in total. The highest BCUT2D eigenvalue weighted by molar-refractivity contribution is 9.09. The zero-order valence-corrected chi connectivity index (χ0v) is 22.0. The summed E-state index contributed by atoms with van der Waals surface area (Å²) in [4.78, 5) is 0. The number of unbranched alkanes of at least 4 members (excludes halogenated alkanes) is 11. The SMILES string of the molecule is CCCCCCCCOC(CCCCCC)O[Si](C)(C)OCCCCCCBr. The summed E-state index contributed by atoms with van der Waals surface area (Å²) < 4.78 is 18.7. The van der Waals surface area contributed by atoms with Gasteiger partial charge in [0.05, 0.1) is 0 Å². The summed E-state index contributed by atoms with van der Waals surface area (Å²) in [6.45, 7) is 10.5. The molecule has 0 aromatic rings. The maximum atomic E-state index is 6.38. The van der Waals surface area contributed by atoms with Crippen molar-refractivity contribution in [2.75, 3.05) is 18.5 Å². The number of rotatable bonds is 22. The molecule has 0 aliphatic rings. The van der Waals surface area contributed by atoms with Gasteiger partial charge in [0, 0.05) is 18.5 Å². The zero-order valence-electron chi connectivity index (χ0n) is 19.4. The lowest BCUT2D eigenvalue weighted by molar-refractivity contribution is -0.104. The van der Waals surface area contributed by atoms with E-state index in [-0.39, 0.29) is 6.29 Å². The van der Waals surface area contributed by atoms with Gasteiger partial charge in [0.15, 0.2) is 0 Å². The molecule has 28 heavy (non-hydrogen) atoms. The van der Waals surface area contributed by atoms with Gasteiger partial charge >= 0.3 is 8.56 Å². The number of ether oxygens (including phenoxy) is 1. The van der Waals surface area contributed by atoms with Crippen molar-refractivity contribution in [3.63, 3.8) is 0 Å². The van der Waals surface area contributed by atoms with E-state index in [4.69, 9.17) is 13.6 Å². The van der Waals surface area contributed by atoms with Crippen molar-refractivity contribution in [2.45, 2.75) is 130 Å². The summed E-state index contributed by atoms with van der Waals surface area (Å²) in [7, 11) is -2.12. The summed E-state index contributed by atoms with van der Waals surface area (Å²) in [5.41, 5.74) is 0. The highest BCUT2D eigenvalue weighted by atomic mass is 79.9. The van der Waals surface area contributed by atoms with E-state index < -0.39 is 8.56 Å². The molecular weight excluding hydrogens is 432 g/mol. The lowest BCUT2D eigenvalue weighted by Gasteiger charge is -2.29. The van der Waals surface area contributed by atoms with Crippen molar-refractivity contribution in [2.24, 2.45) is 0 Å². The minimum absolute atomic E-state index is 0.0810. The Morgan fingerprint density at radius 1 is 0.679 bits per heavy atom. The molecule has 0 saturated carbocycles. The molecule has 0 rings (SSSR count). The Morgan fingerprint density at radius 2 is 1.21 bits per heavy atom. The molecule has 1 unspecified atom stereocenters. The third kappa shape index (κ3) is 19.9. The van der Waals surface area contributed by atoms with Gasteiger partial charge < -0.3 is 13.6 Å². The molecule has 0 aromatic heterocycles. The molecule has 170 valence electrons. The molecule has 0 heterocycles. The van der Waals surface area contributed by atoms with Gasteiger partial charge in [0.25, 0.3) is 0 Å². The van der Waals surface area contributed by atoms with Crippen molar-refractivity contribution >= 4 is 24.5 Å². The number of alkyl halides is 1. The Bertz CT molecular complexity index is 316. The van der Waals surface area contributed by atoms with E-state index in [2.05, 4.69) is 42.9 Å². The van der Waals surface area contributed by atoms with Crippen molar-refractivity contribution in [1.82, 2.24) is 0 Å². The molecule has 5 heteroatoms. The predicted molar refractivity (Wildman–Crippen MR) is 129 cm³/mol. The van der Waals surface area contributed by atoms with Gasteiger partial charge in [0.2, 0.25) is 0 Å². The second kappa shape index (κ2) is 20.8. The number of halogens is 1. The summed E-state index contributed by atoms with van der Waals surface area (Å²) in [6, 6.07) is 0. The van der Waals surface area contributed by atoms with E-state index in [0.29, 0.717) is 0 Å². The van der Waals surface area contributed by atoms with Gasteiger partial charge in [-0.25, -0.2) is 0 Å². The van der Waals surface area contributed by atoms with E-state index in [1.165, 1.54) is 77.0 Å². The van der Waals surface area contributed by atoms with Crippen LogP contribution >= 0.6 is 15.9 Å². The molecule has 1 atom stereocenters. The molecule has 0 spiro atoms. The minimum Gasteiger partial charge on any atom is -0.394 e. The molecule has 0 aliphatic heterocycles. The normalized spacial score (nSPS) is 13.2. The maximum absolute atomic E-state index is 6.38. The molecule has 0 aromatic carbocycles. The predicted octanol–water partition coefficient (Wildman–Crippen LogP) is 8.35. The monoisotopic (exact) mass is 480 g/mol. The first-order chi connectivity index (χ1) is 13.6. The average Bonchev–Trinajstić information content (AvgIpc) is 2.66. The van der Waals surface area contributed by atoms with Gasteiger partial charge in [-0.05, 0) is 45.2 Å². The van der Waals surface area contributed by atoms with Crippen LogP contribution in [0.5, 0.6) is 0 Å². The summed E-state index contributed by atoms with van der Waals surface area (Å²) in [6.07, 6.45) is 18.6. The van der Waals surface area contributed by atoms with Crippen LogP contribution in [-0.4, -0.2) is 33.4 Å². The summed E-state index contributed by atoms with van der Waals surface area (Å²) >= 11 is 3.49. The first-order valence-electron chi connectivity index (χ1n) is 12.0. The Labute approximate surface area is 186 Å². The largest absolute Gasteiger partial charge is 0.394 e.